The molecule has 2 rings (SSSR count). The Bertz CT molecular complexity index is 574. The van der Waals surface area contributed by atoms with Crippen molar-refractivity contribution in [3.63, 3.8) is 0 Å². The fourth-order valence-electron chi connectivity index (χ4n) is 1.61. The topological polar surface area (TPSA) is 44.1 Å². The van der Waals surface area contributed by atoms with Crippen molar-refractivity contribution >= 4 is 28.7 Å². The average Bonchev–Trinajstić information content (AvgIpc) is 2.94. The van der Waals surface area contributed by atoms with Gasteiger partial charge in [0, 0.05) is 17.5 Å². The van der Waals surface area contributed by atoms with Gasteiger partial charge in [-0.25, -0.2) is 0 Å². The van der Waals surface area contributed by atoms with Gasteiger partial charge in [-0.3, -0.25) is 9.48 Å². The number of thiophene rings is 1. The first-order valence-corrected chi connectivity index (χ1v) is 6.70. The molecule has 0 fully saturated rings. The van der Waals surface area contributed by atoms with Gasteiger partial charge in [-0.05, 0) is 13.8 Å². The van der Waals surface area contributed by atoms with Gasteiger partial charge in [0.1, 0.15) is 11.4 Å². The van der Waals surface area contributed by atoms with E-state index in [0.29, 0.717) is 21.3 Å². The largest absolute Gasteiger partial charge is 0.496 e. The van der Waals surface area contributed by atoms with Crippen LogP contribution in [0.3, 0.4) is 0 Å². The van der Waals surface area contributed by atoms with Crippen LogP contribution >= 0.6 is 22.9 Å². The van der Waals surface area contributed by atoms with Crippen LogP contribution in [0.5, 0.6) is 5.75 Å². The minimum absolute atomic E-state index is 0.0818. The lowest BCUT2D eigenvalue weighted by atomic mass is 10.2. The van der Waals surface area contributed by atoms with Crippen molar-refractivity contribution in [2.24, 2.45) is 0 Å². The fourth-order valence-corrected chi connectivity index (χ4v) is 2.62. The van der Waals surface area contributed by atoms with E-state index < -0.39 is 0 Å². The maximum Gasteiger partial charge on any atom is 0.222 e. The van der Waals surface area contributed by atoms with Crippen molar-refractivity contribution < 1.29 is 9.53 Å². The number of carbonyl (C=O) groups is 1. The maximum absolute atomic E-state index is 12.4. The highest BCUT2D eigenvalue weighted by atomic mass is 35.5. The third-order valence-corrected chi connectivity index (χ3v) is 3.67. The van der Waals surface area contributed by atoms with Gasteiger partial charge in [-0.15, -0.1) is 11.3 Å². The van der Waals surface area contributed by atoms with Crippen LogP contribution in [-0.2, 0) is 0 Å². The normalized spacial score (nSPS) is 10.9. The van der Waals surface area contributed by atoms with Gasteiger partial charge >= 0.3 is 0 Å². The zero-order valence-electron chi connectivity index (χ0n) is 10.3. The molecule has 4 nitrogen and oxygen atoms in total. The van der Waals surface area contributed by atoms with Crippen LogP contribution in [-0.4, -0.2) is 22.7 Å². The summed E-state index contributed by atoms with van der Waals surface area (Å²) < 4.78 is 6.71. The fraction of sp³-hybridized carbons (Fsp3) is 0.333. The summed E-state index contributed by atoms with van der Waals surface area (Å²) in [5.74, 6) is 0.551. The van der Waals surface area contributed by atoms with Crippen LogP contribution in [0, 0.1) is 0 Å². The van der Waals surface area contributed by atoms with Gasteiger partial charge in [-0.2, -0.15) is 5.10 Å². The lowest BCUT2D eigenvalue weighted by Gasteiger charge is -2.09. The molecule has 0 radical (unpaired) electrons. The first-order valence-electron chi connectivity index (χ1n) is 5.44. The Labute approximate surface area is 114 Å². The Morgan fingerprint density at radius 3 is 2.83 bits per heavy atom. The molecule has 0 N–H and O–H groups in total. The molecule has 96 valence electrons. The number of methoxy groups -OCH3 is 1. The van der Waals surface area contributed by atoms with Crippen LogP contribution in [0.4, 0.5) is 0 Å². The average molecular weight is 285 g/mol. The first kappa shape index (κ1) is 13.1. The molecular formula is C12H13ClN2O2S. The zero-order chi connectivity index (χ0) is 13.3. The highest BCUT2D eigenvalue weighted by Crippen LogP contribution is 2.27. The summed E-state index contributed by atoms with van der Waals surface area (Å²) in [6.45, 7) is 3.91. The number of hydrogen-bond acceptors (Lipinski definition) is 4. The second-order valence-electron chi connectivity index (χ2n) is 4.06. The number of hydrogen-bond donors (Lipinski definition) is 0. The summed E-state index contributed by atoms with van der Waals surface area (Å²) in [4.78, 5) is 13.0. The first-order chi connectivity index (χ1) is 8.54. The number of carbonyl (C=O) groups excluding carboxylic acids is 1. The summed E-state index contributed by atoms with van der Waals surface area (Å²) in [5.41, 5.74) is 0.427. The second kappa shape index (κ2) is 5.12. The molecular weight excluding hydrogens is 272 g/mol. The third kappa shape index (κ3) is 2.28. The summed E-state index contributed by atoms with van der Waals surface area (Å²) >= 11 is 7.38. The van der Waals surface area contributed by atoms with Gasteiger partial charge in [-0.1, -0.05) is 11.6 Å². The summed E-state index contributed by atoms with van der Waals surface area (Å²) in [6, 6.07) is 1.79. The van der Waals surface area contributed by atoms with Crippen molar-refractivity contribution in [1.29, 1.82) is 0 Å². The molecule has 0 spiro atoms. The number of aromatic nitrogens is 2. The second-order valence-corrected chi connectivity index (χ2v) is 5.38. The molecule has 0 aromatic carbocycles. The lowest BCUT2D eigenvalue weighted by molar-refractivity contribution is 0.103. The van der Waals surface area contributed by atoms with E-state index in [4.69, 9.17) is 16.3 Å². The summed E-state index contributed by atoms with van der Waals surface area (Å²) in [7, 11) is 1.57. The molecule has 0 saturated heterocycles. The van der Waals surface area contributed by atoms with E-state index in [-0.39, 0.29) is 11.8 Å². The molecule has 0 amide bonds. The van der Waals surface area contributed by atoms with E-state index in [0.717, 1.165) is 0 Å². The van der Waals surface area contributed by atoms with Gasteiger partial charge in [0.2, 0.25) is 5.78 Å². The smallest absolute Gasteiger partial charge is 0.222 e. The number of rotatable bonds is 4. The number of ether oxygens (including phenoxy) is 1. The molecule has 0 aliphatic carbocycles. The van der Waals surface area contributed by atoms with Crippen molar-refractivity contribution in [2.75, 3.05) is 7.11 Å². The SMILES string of the molecule is COc1csc(C(=O)c2c(Cl)cnn2C(C)C)c1. The molecule has 2 aromatic rings. The van der Waals surface area contributed by atoms with E-state index in [9.17, 15) is 4.79 Å². The van der Waals surface area contributed by atoms with Gasteiger partial charge < -0.3 is 4.74 Å². The Hall–Kier alpha value is -1.33. The molecule has 6 heteroatoms. The third-order valence-electron chi connectivity index (χ3n) is 2.49. The van der Waals surface area contributed by atoms with Crippen LogP contribution < -0.4 is 4.74 Å². The van der Waals surface area contributed by atoms with Crippen LogP contribution in [0.2, 0.25) is 5.02 Å². The molecule has 2 heterocycles. The molecule has 0 aliphatic rings. The highest BCUT2D eigenvalue weighted by molar-refractivity contribution is 7.12. The molecule has 0 saturated carbocycles. The monoisotopic (exact) mass is 284 g/mol. The molecule has 0 unspecified atom stereocenters. The van der Waals surface area contributed by atoms with Crippen molar-refractivity contribution in [3.8, 4) is 5.75 Å². The van der Waals surface area contributed by atoms with Crippen LogP contribution in [0.15, 0.2) is 17.6 Å². The molecule has 0 aliphatic heterocycles. The van der Waals surface area contributed by atoms with Crippen molar-refractivity contribution in [2.45, 2.75) is 19.9 Å². The van der Waals surface area contributed by atoms with Crippen molar-refractivity contribution in [1.82, 2.24) is 9.78 Å². The Morgan fingerprint density at radius 1 is 1.56 bits per heavy atom. The maximum atomic E-state index is 12.4. The van der Waals surface area contributed by atoms with E-state index in [1.807, 2.05) is 13.8 Å². The molecule has 2 aromatic heterocycles. The van der Waals surface area contributed by atoms with Crippen LogP contribution in [0.1, 0.15) is 35.3 Å². The van der Waals surface area contributed by atoms with E-state index in [1.165, 1.54) is 17.5 Å². The summed E-state index contributed by atoms with van der Waals surface area (Å²) in [6.07, 6.45) is 1.50. The minimum Gasteiger partial charge on any atom is -0.496 e. The van der Waals surface area contributed by atoms with E-state index in [1.54, 1.807) is 23.2 Å². The van der Waals surface area contributed by atoms with Gasteiger partial charge in [0.25, 0.3) is 0 Å². The van der Waals surface area contributed by atoms with Gasteiger partial charge in [0.15, 0.2) is 0 Å². The Morgan fingerprint density at radius 2 is 2.28 bits per heavy atom. The Balaban J connectivity index is 2.42. The zero-order valence-corrected chi connectivity index (χ0v) is 11.9. The Kier molecular flexibility index (Phi) is 3.73. The van der Waals surface area contributed by atoms with Gasteiger partial charge in [0.05, 0.1) is 23.2 Å². The molecule has 18 heavy (non-hydrogen) atoms. The predicted molar refractivity (Wildman–Crippen MR) is 71.9 cm³/mol. The standard InChI is InChI=1S/C12H13ClN2O2S/c1-7(2)15-11(9(13)5-14-15)12(16)10-4-8(17-3)6-18-10/h4-7H,1-3H3. The number of halogens is 1. The summed E-state index contributed by atoms with van der Waals surface area (Å²) in [5, 5.41) is 6.29. The molecule has 0 atom stereocenters. The minimum atomic E-state index is -0.125. The highest BCUT2D eigenvalue weighted by Gasteiger charge is 2.22. The number of ketones is 1. The molecule has 0 bridgehead atoms. The predicted octanol–water partition coefficient (Wildman–Crippen LogP) is 3.42. The van der Waals surface area contributed by atoms with E-state index in [2.05, 4.69) is 5.10 Å². The quantitative estimate of drug-likeness (QED) is 0.808. The lowest BCUT2D eigenvalue weighted by Crippen LogP contribution is -2.13. The number of nitrogens with zero attached hydrogens (tertiary/aromatic N) is 2. The van der Waals surface area contributed by atoms with E-state index >= 15 is 0 Å². The van der Waals surface area contributed by atoms with Crippen molar-refractivity contribution in [3.05, 3.63) is 33.2 Å². The van der Waals surface area contributed by atoms with Crippen LogP contribution in [0.25, 0.3) is 0 Å².